The molecule has 0 saturated heterocycles. The molecule has 19 heavy (non-hydrogen) atoms. The van der Waals surface area contributed by atoms with E-state index in [2.05, 4.69) is 15.2 Å². The van der Waals surface area contributed by atoms with Crippen LogP contribution >= 0.6 is 0 Å². The topological polar surface area (TPSA) is 80.4 Å². The molecule has 0 radical (unpaired) electrons. The zero-order valence-corrected chi connectivity index (χ0v) is 9.89. The third kappa shape index (κ3) is 2.15. The Balaban J connectivity index is 2.06. The van der Waals surface area contributed by atoms with Crippen molar-refractivity contribution in [3.8, 4) is 11.3 Å². The monoisotopic (exact) mass is 254 g/mol. The molecule has 6 heteroatoms. The van der Waals surface area contributed by atoms with Crippen molar-refractivity contribution in [3.05, 3.63) is 48.5 Å². The largest absolute Gasteiger partial charge is 0.481 e. The number of hydrogen-bond acceptors (Lipinski definition) is 4. The van der Waals surface area contributed by atoms with Gasteiger partial charge in [0.2, 0.25) is 0 Å². The van der Waals surface area contributed by atoms with Gasteiger partial charge in [-0.25, -0.2) is 4.98 Å². The highest BCUT2D eigenvalue weighted by Crippen LogP contribution is 2.17. The van der Waals surface area contributed by atoms with Gasteiger partial charge in [-0.2, -0.15) is 0 Å². The molecule has 1 aromatic carbocycles. The van der Waals surface area contributed by atoms with Crippen LogP contribution in [-0.2, 0) is 11.2 Å². The molecule has 2 aromatic heterocycles. The number of aliphatic carboxylic acids is 1. The number of aromatic nitrogens is 4. The lowest BCUT2D eigenvalue weighted by Crippen LogP contribution is -2.05. The van der Waals surface area contributed by atoms with E-state index in [0.717, 1.165) is 11.3 Å². The van der Waals surface area contributed by atoms with E-state index in [1.165, 1.54) is 0 Å². The third-order valence-electron chi connectivity index (χ3n) is 2.75. The molecular weight excluding hydrogens is 244 g/mol. The maximum atomic E-state index is 10.7. The summed E-state index contributed by atoms with van der Waals surface area (Å²) in [6.07, 6.45) is 1.38. The van der Waals surface area contributed by atoms with Gasteiger partial charge in [-0.15, -0.1) is 10.2 Å². The van der Waals surface area contributed by atoms with E-state index >= 15 is 0 Å². The fourth-order valence-corrected chi connectivity index (χ4v) is 1.86. The highest BCUT2D eigenvalue weighted by Gasteiger charge is 2.10. The Labute approximate surface area is 108 Å². The Bertz CT molecular complexity index is 737. The van der Waals surface area contributed by atoms with Gasteiger partial charge in [0.1, 0.15) is 18.6 Å². The summed E-state index contributed by atoms with van der Waals surface area (Å²) < 4.78 is 1.58. The van der Waals surface area contributed by atoms with Crippen molar-refractivity contribution in [3.63, 3.8) is 0 Å². The molecule has 0 unspecified atom stereocenters. The average Bonchev–Trinajstić information content (AvgIpc) is 2.81. The molecule has 1 N–H and O–H groups in total. The second kappa shape index (κ2) is 4.49. The van der Waals surface area contributed by atoms with Crippen molar-refractivity contribution < 1.29 is 9.90 Å². The van der Waals surface area contributed by atoms with Gasteiger partial charge in [0.25, 0.3) is 0 Å². The van der Waals surface area contributed by atoms with Crippen LogP contribution in [0.5, 0.6) is 0 Å². The summed E-state index contributed by atoms with van der Waals surface area (Å²) in [6, 6.07) is 11.5. The Morgan fingerprint density at radius 1 is 1.21 bits per heavy atom. The maximum Gasteiger partial charge on any atom is 0.311 e. The van der Waals surface area contributed by atoms with E-state index in [9.17, 15) is 4.79 Å². The molecule has 0 spiro atoms. The number of nitrogens with zero attached hydrogens (tertiary/aromatic N) is 4. The number of rotatable bonds is 3. The van der Waals surface area contributed by atoms with E-state index in [1.54, 1.807) is 16.8 Å². The van der Waals surface area contributed by atoms with Crippen LogP contribution in [0.1, 0.15) is 5.82 Å². The molecular formula is C13H10N4O2. The highest BCUT2D eigenvalue weighted by molar-refractivity contribution is 5.69. The average molecular weight is 254 g/mol. The van der Waals surface area contributed by atoms with Crippen LogP contribution in [0.2, 0.25) is 0 Å². The number of carbonyl (C=O) groups is 1. The summed E-state index contributed by atoms with van der Waals surface area (Å²) in [5.41, 5.74) is 2.35. The van der Waals surface area contributed by atoms with Gasteiger partial charge in [0.15, 0.2) is 5.65 Å². The van der Waals surface area contributed by atoms with Crippen molar-refractivity contribution in [1.29, 1.82) is 0 Å². The smallest absolute Gasteiger partial charge is 0.311 e. The predicted octanol–water partition coefficient (Wildman–Crippen LogP) is 1.42. The van der Waals surface area contributed by atoms with Crippen LogP contribution in [0, 0.1) is 0 Å². The molecule has 2 heterocycles. The van der Waals surface area contributed by atoms with Crippen molar-refractivity contribution in [1.82, 2.24) is 19.6 Å². The molecule has 3 aromatic rings. The van der Waals surface area contributed by atoms with Crippen LogP contribution in [0.4, 0.5) is 0 Å². The first-order valence-electron chi connectivity index (χ1n) is 5.71. The molecule has 0 saturated carbocycles. The summed E-state index contributed by atoms with van der Waals surface area (Å²) >= 11 is 0. The summed E-state index contributed by atoms with van der Waals surface area (Å²) in [4.78, 5) is 15.0. The molecule has 94 valence electrons. The number of hydrogen-bond donors (Lipinski definition) is 1. The lowest BCUT2D eigenvalue weighted by Gasteiger charge is -2.01. The highest BCUT2D eigenvalue weighted by atomic mass is 16.4. The standard InChI is InChI=1S/C13H10N4O2/c18-13(19)7-12-16-15-11-6-10(14-8-17(11)12)9-4-2-1-3-5-9/h1-6,8H,7H2,(H,18,19). The first-order valence-corrected chi connectivity index (χ1v) is 5.71. The van der Waals surface area contributed by atoms with Gasteiger partial charge in [-0.1, -0.05) is 30.3 Å². The fourth-order valence-electron chi connectivity index (χ4n) is 1.86. The number of fused-ring (bicyclic) bond motifs is 1. The van der Waals surface area contributed by atoms with Crippen LogP contribution in [-0.4, -0.2) is 30.7 Å². The van der Waals surface area contributed by atoms with Crippen molar-refractivity contribution in [2.45, 2.75) is 6.42 Å². The fraction of sp³-hybridized carbons (Fsp3) is 0.0769. The van der Waals surface area contributed by atoms with E-state index in [0.29, 0.717) is 11.5 Å². The molecule has 6 nitrogen and oxygen atoms in total. The van der Waals surface area contributed by atoms with Crippen LogP contribution in [0.3, 0.4) is 0 Å². The molecule has 0 aliphatic heterocycles. The van der Waals surface area contributed by atoms with Crippen LogP contribution < -0.4 is 0 Å². The summed E-state index contributed by atoms with van der Waals surface area (Å²) in [7, 11) is 0. The van der Waals surface area contributed by atoms with Gasteiger partial charge in [-0.3, -0.25) is 9.20 Å². The van der Waals surface area contributed by atoms with Crippen LogP contribution in [0.25, 0.3) is 16.9 Å². The molecule has 0 aliphatic rings. The van der Waals surface area contributed by atoms with E-state index in [4.69, 9.17) is 5.11 Å². The lowest BCUT2D eigenvalue weighted by molar-refractivity contribution is -0.136. The minimum absolute atomic E-state index is 0.173. The van der Waals surface area contributed by atoms with E-state index in [1.807, 2.05) is 30.3 Å². The Kier molecular flexibility index (Phi) is 2.68. The van der Waals surface area contributed by atoms with Gasteiger partial charge >= 0.3 is 5.97 Å². The Hall–Kier alpha value is -2.76. The molecule has 0 fully saturated rings. The van der Waals surface area contributed by atoms with E-state index < -0.39 is 5.97 Å². The minimum Gasteiger partial charge on any atom is -0.481 e. The summed E-state index contributed by atoms with van der Waals surface area (Å²) in [5.74, 6) is -0.573. The first kappa shape index (κ1) is 11.3. The zero-order chi connectivity index (χ0) is 13.2. The summed E-state index contributed by atoms with van der Waals surface area (Å²) in [6.45, 7) is 0. The lowest BCUT2D eigenvalue weighted by atomic mass is 10.1. The van der Waals surface area contributed by atoms with Crippen molar-refractivity contribution in [2.75, 3.05) is 0 Å². The first-order chi connectivity index (χ1) is 9.24. The Morgan fingerprint density at radius 2 is 2.00 bits per heavy atom. The van der Waals surface area contributed by atoms with Gasteiger partial charge < -0.3 is 5.11 Å². The minimum atomic E-state index is -0.943. The maximum absolute atomic E-state index is 10.7. The van der Waals surface area contributed by atoms with Gasteiger partial charge in [0.05, 0.1) is 5.69 Å². The molecule has 0 aliphatic carbocycles. The van der Waals surface area contributed by atoms with Gasteiger partial charge in [-0.05, 0) is 0 Å². The van der Waals surface area contributed by atoms with Gasteiger partial charge in [0, 0.05) is 11.6 Å². The second-order valence-corrected chi connectivity index (χ2v) is 4.06. The molecule has 0 amide bonds. The summed E-state index contributed by atoms with van der Waals surface area (Å²) in [5, 5.41) is 16.6. The third-order valence-corrected chi connectivity index (χ3v) is 2.75. The molecule has 3 rings (SSSR count). The van der Waals surface area contributed by atoms with Crippen molar-refractivity contribution >= 4 is 11.6 Å². The molecule has 0 bridgehead atoms. The number of carboxylic acids is 1. The number of carboxylic acid groups (broad SMARTS) is 1. The normalized spacial score (nSPS) is 10.7. The molecule has 0 atom stereocenters. The van der Waals surface area contributed by atoms with Crippen molar-refractivity contribution in [2.24, 2.45) is 0 Å². The quantitative estimate of drug-likeness (QED) is 0.764. The van der Waals surface area contributed by atoms with Crippen LogP contribution in [0.15, 0.2) is 42.7 Å². The zero-order valence-electron chi connectivity index (χ0n) is 9.89. The Morgan fingerprint density at radius 3 is 2.74 bits per heavy atom. The second-order valence-electron chi connectivity index (χ2n) is 4.06. The SMILES string of the molecule is O=C(O)Cc1nnc2cc(-c3ccccc3)ncn12. The predicted molar refractivity (Wildman–Crippen MR) is 67.6 cm³/mol. The van der Waals surface area contributed by atoms with E-state index in [-0.39, 0.29) is 6.42 Å². The number of benzene rings is 1.